The first-order valence-electron chi connectivity index (χ1n) is 5.54. The number of hydrogen-bond donors (Lipinski definition) is 1. The van der Waals surface area contributed by atoms with Crippen LogP contribution in [0.1, 0.15) is 27.2 Å². The lowest BCUT2D eigenvalue weighted by atomic mass is 10.2. The van der Waals surface area contributed by atoms with Crippen molar-refractivity contribution in [2.75, 3.05) is 25.6 Å². The Kier molecular flexibility index (Phi) is 7.88. The molecule has 1 N–H and O–H groups in total. The van der Waals surface area contributed by atoms with Crippen LogP contribution >= 0.6 is 11.8 Å². The van der Waals surface area contributed by atoms with Gasteiger partial charge >= 0.3 is 0 Å². The van der Waals surface area contributed by atoms with Gasteiger partial charge in [-0.2, -0.15) is 11.8 Å². The van der Waals surface area contributed by atoms with E-state index in [0.29, 0.717) is 6.04 Å². The van der Waals surface area contributed by atoms with E-state index < -0.39 is 0 Å². The molecule has 0 aromatic rings. The maximum absolute atomic E-state index is 11.6. The van der Waals surface area contributed by atoms with E-state index >= 15 is 0 Å². The molecule has 0 spiro atoms. The molecule has 90 valence electrons. The zero-order chi connectivity index (χ0) is 11.8. The molecule has 0 fully saturated rings. The Morgan fingerprint density at radius 2 is 2.00 bits per heavy atom. The molecule has 0 aliphatic carbocycles. The number of amides is 1. The maximum atomic E-state index is 11.6. The second-order valence-electron chi connectivity index (χ2n) is 4.01. The summed E-state index contributed by atoms with van der Waals surface area (Å²) in [4.78, 5) is 13.2. The Morgan fingerprint density at radius 3 is 2.47 bits per heavy atom. The van der Waals surface area contributed by atoms with Gasteiger partial charge in [0.25, 0.3) is 0 Å². The third-order valence-corrected chi connectivity index (χ3v) is 3.18. The van der Waals surface area contributed by atoms with Crippen molar-refractivity contribution in [2.45, 2.75) is 39.3 Å². The number of carbonyl (C=O) groups excluding carboxylic acids is 1. The topological polar surface area (TPSA) is 32.3 Å². The van der Waals surface area contributed by atoms with Gasteiger partial charge in [-0.05, 0) is 31.8 Å². The van der Waals surface area contributed by atoms with Gasteiger partial charge in [0.1, 0.15) is 0 Å². The van der Waals surface area contributed by atoms with Crippen LogP contribution in [0.4, 0.5) is 0 Å². The van der Waals surface area contributed by atoms with Crippen LogP contribution in [0.15, 0.2) is 0 Å². The minimum atomic E-state index is -0.0818. The first kappa shape index (κ1) is 14.8. The quantitative estimate of drug-likeness (QED) is 0.677. The molecule has 2 atom stereocenters. The van der Waals surface area contributed by atoms with E-state index in [0.717, 1.165) is 12.2 Å². The molecule has 0 saturated heterocycles. The number of hydrogen-bond acceptors (Lipinski definition) is 3. The summed E-state index contributed by atoms with van der Waals surface area (Å²) in [6.07, 6.45) is 1.11. The van der Waals surface area contributed by atoms with E-state index in [1.807, 2.05) is 18.7 Å². The molecule has 0 saturated carbocycles. The number of nitrogens with one attached hydrogen (secondary N) is 1. The monoisotopic (exact) mass is 232 g/mol. The van der Waals surface area contributed by atoms with E-state index in [4.69, 9.17) is 0 Å². The number of thioether (sulfide) groups is 1. The molecule has 1 amide bonds. The van der Waals surface area contributed by atoms with Gasteiger partial charge in [-0.25, -0.2) is 0 Å². The number of nitrogens with zero attached hydrogens (tertiary/aromatic N) is 1. The van der Waals surface area contributed by atoms with Crippen LogP contribution in [0.2, 0.25) is 0 Å². The number of rotatable bonds is 7. The first-order chi connectivity index (χ1) is 6.99. The van der Waals surface area contributed by atoms with Crippen LogP contribution in [0.5, 0.6) is 0 Å². The predicted molar refractivity (Wildman–Crippen MR) is 68.4 cm³/mol. The van der Waals surface area contributed by atoms with Gasteiger partial charge in [0.05, 0.1) is 6.04 Å². The highest BCUT2D eigenvalue weighted by Gasteiger charge is 2.16. The van der Waals surface area contributed by atoms with Crippen molar-refractivity contribution in [2.24, 2.45) is 0 Å². The van der Waals surface area contributed by atoms with Crippen molar-refractivity contribution in [3.63, 3.8) is 0 Å². The van der Waals surface area contributed by atoms with Crippen molar-refractivity contribution in [1.29, 1.82) is 0 Å². The first-order valence-corrected chi connectivity index (χ1v) is 6.69. The molecule has 0 bridgehead atoms. The van der Waals surface area contributed by atoms with Crippen molar-refractivity contribution in [3.8, 4) is 0 Å². The van der Waals surface area contributed by atoms with Crippen molar-refractivity contribution in [1.82, 2.24) is 10.2 Å². The fourth-order valence-electron chi connectivity index (χ4n) is 1.37. The average Bonchev–Trinajstić information content (AvgIpc) is 2.16. The van der Waals surface area contributed by atoms with E-state index in [9.17, 15) is 4.79 Å². The lowest BCUT2D eigenvalue weighted by Crippen LogP contribution is -2.45. The Labute approximate surface area is 98.0 Å². The second kappa shape index (κ2) is 7.99. The van der Waals surface area contributed by atoms with Gasteiger partial charge in [0.15, 0.2) is 0 Å². The molecule has 0 aromatic carbocycles. The SMILES string of the molecule is CCSCCC(C)NC(C)C(=O)N(C)C. The van der Waals surface area contributed by atoms with Crippen molar-refractivity contribution in [3.05, 3.63) is 0 Å². The van der Waals surface area contributed by atoms with E-state index in [2.05, 4.69) is 19.2 Å². The fourth-order valence-corrected chi connectivity index (χ4v) is 2.18. The minimum Gasteiger partial charge on any atom is -0.347 e. The fraction of sp³-hybridized carbons (Fsp3) is 0.909. The van der Waals surface area contributed by atoms with Crippen LogP contribution in [0.25, 0.3) is 0 Å². The molecule has 4 heteroatoms. The molecule has 0 aromatic heterocycles. The van der Waals surface area contributed by atoms with Crippen LogP contribution in [-0.2, 0) is 4.79 Å². The van der Waals surface area contributed by atoms with Crippen LogP contribution < -0.4 is 5.32 Å². The third-order valence-electron chi connectivity index (χ3n) is 2.25. The number of carbonyl (C=O) groups is 1. The Morgan fingerprint density at radius 1 is 1.40 bits per heavy atom. The summed E-state index contributed by atoms with van der Waals surface area (Å²) in [6.45, 7) is 6.22. The standard InChI is InChI=1S/C11H24N2OS/c1-6-15-8-7-9(2)12-10(3)11(14)13(4)5/h9-10,12H,6-8H2,1-5H3. The highest BCUT2D eigenvalue weighted by Crippen LogP contribution is 2.04. The Bertz CT molecular complexity index is 185. The van der Waals surface area contributed by atoms with E-state index in [1.165, 1.54) is 5.75 Å². The highest BCUT2D eigenvalue weighted by molar-refractivity contribution is 7.99. The molecule has 0 radical (unpaired) electrons. The van der Waals surface area contributed by atoms with Crippen molar-refractivity contribution >= 4 is 17.7 Å². The molecule has 15 heavy (non-hydrogen) atoms. The third kappa shape index (κ3) is 6.79. The smallest absolute Gasteiger partial charge is 0.238 e. The summed E-state index contributed by atoms with van der Waals surface area (Å²) >= 11 is 1.94. The Balaban J connectivity index is 3.75. The van der Waals surface area contributed by atoms with Gasteiger partial charge in [-0.15, -0.1) is 0 Å². The van der Waals surface area contributed by atoms with Crippen LogP contribution in [0.3, 0.4) is 0 Å². The van der Waals surface area contributed by atoms with Gasteiger partial charge < -0.3 is 10.2 Å². The maximum Gasteiger partial charge on any atom is 0.238 e. The normalized spacial score (nSPS) is 14.7. The van der Waals surface area contributed by atoms with Crippen LogP contribution in [-0.4, -0.2) is 48.5 Å². The van der Waals surface area contributed by atoms with Gasteiger partial charge in [-0.1, -0.05) is 6.92 Å². The summed E-state index contributed by atoms with van der Waals surface area (Å²) in [5.41, 5.74) is 0. The lowest BCUT2D eigenvalue weighted by Gasteiger charge is -2.22. The van der Waals surface area contributed by atoms with Gasteiger partial charge in [-0.3, -0.25) is 4.79 Å². The van der Waals surface area contributed by atoms with E-state index in [-0.39, 0.29) is 11.9 Å². The Hall–Kier alpha value is -0.220. The van der Waals surface area contributed by atoms with Gasteiger partial charge in [0.2, 0.25) is 5.91 Å². The van der Waals surface area contributed by atoms with Crippen LogP contribution in [0, 0.1) is 0 Å². The zero-order valence-corrected chi connectivity index (χ0v) is 11.4. The molecule has 0 aliphatic heterocycles. The molecular formula is C11H24N2OS. The lowest BCUT2D eigenvalue weighted by molar-refractivity contribution is -0.130. The predicted octanol–water partition coefficient (Wildman–Crippen LogP) is 1.58. The summed E-state index contributed by atoms with van der Waals surface area (Å²) in [6, 6.07) is 0.324. The largest absolute Gasteiger partial charge is 0.347 e. The molecule has 0 rings (SSSR count). The summed E-state index contributed by atoms with van der Waals surface area (Å²) < 4.78 is 0. The van der Waals surface area contributed by atoms with Gasteiger partial charge in [0, 0.05) is 20.1 Å². The summed E-state index contributed by atoms with van der Waals surface area (Å²) in [5, 5.41) is 3.32. The second-order valence-corrected chi connectivity index (χ2v) is 5.40. The molecule has 3 nitrogen and oxygen atoms in total. The molecule has 0 aliphatic rings. The summed E-state index contributed by atoms with van der Waals surface area (Å²) in [5.74, 6) is 2.47. The van der Waals surface area contributed by atoms with Crippen molar-refractivity contribution < 1.29 is 4.79 Å². The van der Waals surface area contributed by atoms with E-state index in [1.54, 1.807) is 19.0 Å². The number of likely N-dealkylation sites (N-methyl/N-ethyl adjacent to an activating group) is 1. The zero-order valence-electron chi connectivity index (χ0n) is 10.5. The highest BCUT2D eigenvalue weighted by atomic mass is 32.2. The summed E-state index contributed by atoms with van der Waals surface area (Å²) in [7, 11) is 3.58. The minimum absolute atomic E-state index is 0.0818. The molecule has 2 unspecified atom stereocenters. The average molecular weight is 232 g/mol. The molecule has 0 heterocycles. The molecular weight excluding hydrogens is 208 g/mol.